The summed E-state index contributed by atoms with van der Waals surface area (Å²) in [5, 5.41) is 9.14. The maximum absolute atomic E-state index is 12.6. The maximum atomic E-state index is 12.6. The first kappa shape index (κ1) is 17.4. The number of carbonyl (C=O) groups excluding carboxylic acids is 2. The molecule has 1 saturated heterocycles. The molecule has 7 nitrogen and oxygen atoms in total. The molecule has 4 aromatic rings. The number of nitrogens with one attached hydrogen (secondary N) is 1. The number of carbonyl (C=O) groups is 2. The number of fused-ring (bicyclic) bond motifs is 3. The summed E-state index contributed by atoms with van der Waals surface area (Å²) in [6.45, 7) is 1.57. The van der Waals surface area contributed by atoms with Gasteiger partial charge >= 0.3 is 0 Å². The number of rotatable bonds is 5. The smallest absolute Gasteiger partial charge is 0.270 e. The molecule has 0 aliphatic carbocycles. The minimum Gasteiger partial charge on any atom is -0.356 e. The van der Waals surface area contributed by atoms with Crippen LogP contribution < -0.4 is 0 Å². The van der Waals surface area contributed by atoms with E-state index < -0.39 is 0 Å². The van der Waals surface area contributed by atoms with E-state index in [1.165, 1.54) is 11.8 Å². The predicted octanol–water partition coefficient (Wildman–Crippen LogP) is 3.48. The van der Waals surface area contributed by atoms with E-state index in [2.05, 4.69) is 15.2 Å². The number of aromatic nitrogens is 4. The van der Waals surface area contributed by atoms with Gasteiger partial charge in [0.1, 0.15) is 5.69 Å². The lowest BCUT2D eigenvalue weighted by atomic mass is 10.2. The minimum absolute atomic E-state index is 0.0342. The van der Waals surface area contributed by atoms with Crippen LogP contribution in [0.5, 0.6) is 0 Å². The van der Waals surface area contributed by atoms with E-state index in [9.17, 15) is 9.59 Å². The van der Waals surface area contributed by atoms with Crippen molar-refractivity contribution < 1.29 is 9.59 Å². The highest BCUT2D eigenvalue weighted by Gasteiger charge is 2.22. The summed E-state index contributed by atoms with van der Waals surface area (Å²) in [4.78, 5) is 30.6. The fourth-order valence-electron chi connectivity index (χ4n) is 3.43. The fourth-order valence-corrected chi connectivity index (χ4v) is 5.29. The second kappa shape index (κ2) is 7.06. The Morgan fingerprint density at radius 1 is 1.18 bits per heavy atom. The van der Waals surface area contributed by atoms with E-state index in [-0.39, 0.29) is 17.4 Å². The molecule has 0 atom stereocenters. The third kappa shape index (κ3) is 3.00. The average Bonchev–Trinajstić information content (AvgIpc) is 3.50. The Kier molecular flexibility index (Phi) is 4.40. The van der Waals surface area contributed by atoms with Crippen molar-refractivity contribution in [3.05, 3.63) is 47.8 Å². The Hall–Kier alpha value is -2.65. The highest BCUT2D eigenvalue weighted by Crippen LogP contribution is 2.29. The number of para-hydroxylation sites is 1. The Bertz CT molecular complexity index is 1190. The normalized spacial score (nSPS) is 14.4. The standard InChI is InChI=1S/C19H17N5O2S2/c25-15(12-9-13(20-10-12)17(26)23-7-3-4-8-23)11-27-18-21-22-19-24(18)14-5-1-2-6-16(14)28-19/h1-2,5-6,9-10,20H,3-4,7-8,11H2. The molecule has 0 spiro atoms. The third-order valence-electron chi connectivity index (χ3n) is 4.87. The van der Waals surface area contributed by atoms with Gasteiger partial charge in [0.15, 0.2) is 10.9 Å². The number of H-pyrrole nitrogens is 1. The number of aromatic amines is 1. The monoisotopic (exact) mass is 411 g/mol. The molecule has 9 heteroatoms. The number of nitrogens with zero attached hydrogens (tertiary/aromatic N) is 4. The summed E-state index contributed by atoms with van der Waals surface area (Å²) >= 11 is 2.93. The summed E-state index contributed by atoms with van der Waals surface area (Å²) in [6.07, 6.45) is 3.70. The highest BCUT2D eigenvalue weighted by atomic mass is 32.2. The van der Waals surface area contributed by atoms with Crippen LogP contribution in [0.25, 0.3) is 15.2 Å². The molecule has 4 heterocycles. The van der Waals surface area contributed by atoms with Gasteiger partial charge in [-0.3, -0.25) is 14.0 Å². The molecule has 0 unspecified atom stereocenters. The minimum atomic E-state index is -0.0435. The lowest BCUT2D eigenvalue weighted by Gasteiger charge is -2.13. The molecule has 5 rings (SSSR count). The van der Waals surface area contributed by atoms with Crippen LogP contribution in [0.3, 0.4) is 0 Å². The molecule has 1 fully saturated rings. The molecule has 3 aromatic heterocycles. The summed E-state index contributed by atoms with van der Waals surface area (Å²) in [7, 11) is 0. The van der Waals surface area contributed by atoms with Crippen LogP contribution in [0.4, 0.5) is 0 Å². The van der Waals surface area contributed by atoms with Crippen molar-refractivity contribution in [2.24, 2.45) is 0 Å². The molecule has 1 aliphatic rings. The van der Waals surface area contributed by atoms with E-state index in [0.29, 0.717) is 16.4 Å². The number of ketones is 1. The van der Waals surface area contributed by atoms with Gasteiger partial charge in [0.2, 0.25) is 4.96 Å². The molecule has 142 valence electrons. The van der Waals surface area contributed by atoms with Crippen LogP contribution >= 0.6 is 23.1 Å². The van der Waals surface area contributed by atoms with Crippen LogP contribution in [0.1, 0.15) is 33.7 Å². The first-order valence-corrected chi connectivity index (χ1v) is 10.9. The lowest BCUT2D eigenvalue weighted by Crippen LogP contribution is -2.27. The van der Waals surface area contributed by atoms with Crippen molar-refractivity contribution in [2.45, 2.75) is 18.0 Å². The van der Waals surface area contributed by atoms with Crippen molar-refractivity contribution in [3.8, 4) is 0 Å². The second-order valence-corrected chi connectivity index (χ2v) is 8.64. The Balaban J connectivity index is 1.31. The SMILES string of the molecule is O=C(CSc1nnc2sc3ccccc3n12)c1c[nH]c(C(=O)N2CCCC2)c1. The molecule has 1 N–H and O–H groups in total. The highest BCUT2D eigenvalue weighted by molar-refractivity contribution is 7.99. The van der Waals surface area contributed by atoms with Crippen LogP contribution in [0.2, 0.25) is 0 Å². The second-order valence-electron chi connectivity index (χ2n) is 6.68. The van der Waals surface area contributed by atoms with Gasteiger partial charge in [-0.2, -0.15) is 0 Å². The topological polar surface area (TPSA) is 83.4 Å². The number of hydrogen-bond acceptors (Lipinski definition) is 6. The average molecular weight is 412 g/mol. The first-order valence-electron chi connectivity index (χ1n) is 9.07. The van der Waals surface area contributed by atoms with Gasteiger partial charge in [0.25, 0.3) is 5.91 Å². The van der Waals surface area contributed by atoms with Gasteiger partial charge in [-0.15, -0.1) is 10.2 Å². The van der Waals surface area contributed by atoms with Crippen LogP contribution in [0, 0.1) is 0 Å². The predicted molar refractivity (Wildman–Crippen MR) is 109 cm³/mol. The number of benzene rings is 1. The summed E-state index contributed by atoms with van der Waals surface area (Å²) in [5.74, 6) is 0.159. The van der Waals surface area contributed by atoms with Crippen LogP contribution in [-0.2, 0) is 0 Å². The van der Waals surface area contributed by atoms with Crippen molar-refractivity contribution >= 4 is 50.0 Å². The first-order chi connectivity index (χ1) is 13.7. The van der Waals surface area contributed by atoms with Crippen molar-refractivity contribution in [1.82, 2.24) is 24.5 Å². The molecule has 28 heavy (non-hydrogen) atoms. The molecule has 1 aromatic carbocycles. The Labute approximate surface area is 168 Å². The number of Topliss-reactive ketones (excluding diaryl/α,β-unsaturated/α-hetero) is 1. The summed E-state index contributed by atoms with van der Waals surface area (Å²) in [5.41, 5.74) is 2.04. The van der Waals surface area contributed by atoms with E-state index in [1.54, 1.807) is 23.6 Å². The molecular weight excluding hydrogens is 394 g/mol. The van der Waals surface area contributed by atoms with E-state index in [4.69, 9.17) is 0 Å². The fraction of sp³-hybridized carbons (Fsp3) is 0.263. The molecule has 0 saturated carbocycles. The third-order valence-corrected chi connectivity index (χ3v) is 6.81. The zero-order chi connectivity index (χ0) is 19.1. The van der Waals surface area contributed by atoms with Gasteiger partial charge in [-0.25, -0.2) is 0 Å². The number of likely N-dealkylation sites (tertiary alicyclic amines) is 1. The Morgan fingerprint density at radius 2 is 2.00 bits per heavy atom. The quantitative estimate of drug-likeness (QED) is 0.402. The van der Waals surface area contributed by atoms with Gasteiger partial charge in [0.05, 0.1) is 16.0 Å². The van der Waals surface area contributed by atoms with Crippen molar-refractivity contribution in [1.29, 1.82) is 0 Å². The van der Waals surface area contributed by atoms with Gasteiger partial charge in [-0.05, 0) is 31.0 Å². The number of thiazole rings is 1. The zero-order valence-electron chi connectivity index (χ0n) is 14.9. The van der Waals surface area contributed by atoms with Gasteiger partial charge < -0.3 is 9.88 Å². The summed E-state index contributed by atoms with van der Waals surface area (Å²) < 4.78 is 3.12. The van der Waals surface area contributed by atoms with E-state index >= 15 is 0 Å². The van der Waals surface area contributed by atoms with E-state index in [1.807, 2.05) is 33.6 Å². The van der Waals surface area contributed by atoms with Gasteiger partial charge in [-0.1, -0.05) is 35.2 Å². The Morgan fingerprint density at radius 3 is 2.86 bits per heavy atom. The molecule has 1 amide bonds. The van der Waals surface area contributed by atoms with E-state index in [0.717, 1.165) is 41.1 Å². The molecule has 0 radical (unpaired) electrons. The zero-order valence-corrected chi connectivity index (χ0v) is 16.6. The van der Waals surface area contributed by atoms with Crippen LogP contribution in [0.15, 0.2) is 41.7 Å². The van der Waals surface area contributed by atoms with Crippen molar-refractivity contribution in [2.75, 3.05) is 18.8 Å². The van der Waals surface area contributed by atoms with Crippen molar-refractivity contribution in [3.63, 3.8) is 0 Å². The molecule has 0 bridgehead atoms. The number of hydrogen-bond donors (Lipinski definition) is 1. The van der Waals surface area contributed by atoms with Gasteiger partial charge in [0, 0.05) is 24.8 Å². The van der Waals surface area contributed by atoms with Crippen LogP contribution in [-0.4, -0.2) is 55.0 Å². The lowest BCUT2D eigenvalue weighted by molar-refractivity contribution is 0.0787. The number of amides is 1. The maximum Gasteiger partial charge on any atom is 0.270 e. The molecular formula is C19H17N5O2S2. The number of thioether (sulfide) groups is 1. The largest absolute Gasteiger partial charge is 0.356 e. The summed E-state index contributed by atoms with van der Waals surface area (Å²) in [6, 6.07) is 9.70. The molecule has 1 aliphatic heterocycles.